The predicted octanol–water partition coefficient (Wildman–Crippen LogP) is 4.04. The van der Waals surface area contributed by atoms with E-state index in [4.69, 9.17) is 11.6 Å². The van der Waals surface area contributed by atoms with Gasteiger partial charge in [-0.25, -0.2) is 5.43 Å². The van der Waals surface area contributed by atoms with Gasteiger partial charge in [0.15, 0.2) is 0 Å². The third-order valence-corrected chi connectivity index (χ3v) is 5.12. The second kappa shape index (κ2) is 6.51. The van der Waals surface area contributed by atoms with Gasteiger partial charge in [0, 0.05) is 21.7 Å². The zero-order valence-corrected chi connectivity index (χ0v) is 14.1. The summed E-state index contributed by atoms with van der Waals surface area (Å²) in [4.78, 5) is 12.6. The Hall–Kier alpha value is -2.57. The van der Waals surface area contributed by atoms with E-state index >= 15 is 0 Å². The average molecular weight is 361 g/mol. The van der Waals surface area contributed by atoms with Gasteiger partial charge in [0.25, 0.3) is 5.91 Å². The molecule has 0 aliphatic heterocycles. The zero-order chi connectivity index (χ0) is 17.3. The van der Waals surface area contributed by atoms with Gasteiger partial charge in [-0.1, -0.05) is 29.8 Å². The highest BCUT2D eigenvalue weighted by atomic mass is 35.5. The number of benzene rings is 2. The van der Waals surface area contributed by atoms with E-state index in [-0.39, 0.29) is 11.5 Å². The quantitative estimate of drug-likeness (QED) is 0.487. The number of aryl methyl sites for hydroxylation is 1. The van der Waals surface area contributed by atoms with Gasteiger partial charge in [0.2, 0.25) is 0 Å². The van der Waals surface area contributed by atoms with Crippen molar-refractivity contribution in [2.75, 3.05) is 0 Å². The molecule has 0 unspecified atom stereocenters. The molecule has 7 heteroatoms. The molecule has 5 nitrogen and oxygen atoms in total. The molecule has 0 aliphatic carbocycles. The lowest BCUT2D eigenvalue weighted by atomic mass is 10.1. The van der Waals surface area contributed by atoms with Crippen molar-refractivity contribution in [3.05, 3.63) is 57.4 Å². The molecule has 2 aromatic carbocycles. The van der Waals surface area contributed by atoms with Crippen molar-refractivity contribution in [3.63, 3.8) is 0 Å². The molecule has 24 heavy (non-hydrogen) atoms. The predicted molar refractivity (Wildman–Crippen MR) is 96.4 cm³/mol. The number of thiophene rings is 1. The molecular weight excluding hydrogens is 348 g/mol. The van der Waals surface area contributed by atoms with Crippen molar-refractivity contribution in [2.45, 2.75) is 6.92 Å². The highest BCUT2D eigenvalue weighted by Crippen LogP contribution is 2.35. The maximum Gasteiger partial charge on any atom is 0.283 e. The zero-order valence-electron chi connectivity index (χ0n) is 12.6. The van der Waals surface area contributed by atoms with E-state index < -0.39 is 5.91 Å². The number of nitrogens with one attached hydrogen (secondary N) is 1. The SMILES string of the molecule is Cc1cc(O)cc(O)c1C=NNC(=O)c1sc2ccccc2c1Cl. The Morgan fingerprint density at radius 2 is 2.04 bits per heavy atom. The van der Waals surface area contributed by atoms with E-state index in [1.165, 1.54) is 29.7 Å². The average Bonchev–Trinajstić information content (AvgIpc) is 2.87. The van der Waals surface area contributed by atoms with Crippen LogP contribution < -0.4 is 5.43 Å². The summed E-state index contributed by atoms with van der Waals surface area (Å²) in [5.74, 6) is -0.581. The number of rotatable bonds is 3. The molecule has 1 aromatic heterocycles. The summed E-state index contributed by atoms with van der Waals surface area (Å²) in [7, 11) is 0. The van der Waals surface area contributed by atoms with Gasteiger partial charge < -0.3 is 10.2 Å². The lowest BCUT2D eigenvalue weighted by Gasteiger charge is -2.04. The summed E-state index contributed by atoms with van der Waals surface area (Å²) in [5, 5.41) is 24.3. The van der Waals surface area contributed by atoms with E-state index in [0.29, 0.717) is 21.0 Å². The van der Waals surface area contributed by atoms with Crippen LogP contribution in [0.15, 0.2) is 41.5 Å². The fraction of sp³-hybridized carbons (Fsp3) is 0.0588. The number of carbonyl (C=O) groups is 1. The molecule has 0 saturated heterocycles. The van der Waals surface area contributed by atoms with Crippen LogP contribution in [0.3, 0.4) is 0 Å². The molecule has 0 bridgehead atoms. The van der Waals surface area contributed by atoms with Gasteiger partial charge in [-0.3, -0.25) is 4.79 Å². The molecule has 3 aromatic rings. The van der Waals surface area contributed by atoms with Crippen molar-refractivity contribution < 1.29 is 15.0 Å². The highest BCUT2D eigenvalue weighted by Gasteiger charge is 2.16. The third-order valence-electron chi connectivity index (χ3n) is 3.45. The molecule has 122 valence electrons. The summed E-state index contributed by atoms with van der Waals surface area (Å²) in [6.07, 6.45) is 1.32. The van der Waals surface area contributed by atoms with E-state index in [9.17, 15) is 15.0 Å². The summed E-state index contributed by atoms with van der Waals surface area (Å²) in [6, 6.07) is 10.2. The number of halogens is 1. The maximum absolute atomic E-state index is 12.2. The first-order valence-electron chi connectivity index (χ1n) is 7.00. The smallest absolute Gasteiger partial charge is 0.283 e. The molecule has 0 spiro atoms. The number of carbonyl (C=O) groups excluding carboxylic acids is 1. The lowest BCUT2D eigenvalue weighted by molar-refractivity contribution is 0.0959. The molecular formula is C17H13ClN2O3S. The van der Waals surface area contributed by atoms with Crippen LogP contribution in [0.2, 0.25) is 5.02 Å². The fourth-order valence-corrected chi connectivity index (χ4v) is 3.70. The topological polar surface area (TPSA) is 81.9 Å². The number of hydrazone groups is 1. The van der Waals surface area contributed by atoms with Crippen LogP contribution in [0, 0.1) is 6.92 Å². The summed E-state index contributed by atoms with van der Waals surface area (Å²) in [6.45, 7) is 1.71. The normalized spacial score (nSPS) is 11.2. The Morgan fingerprint density at radius 1 is 1.29 bits per heavy atom. The van der Waals surface area contributed by atoms with Crippen LogP contribution >= 0.6 is 22.9 Å². The molecule has 0 saturated carbocycles. The molecule has 3 N–H and O–H groups in total. The van der Waals surface area contributed by atoms with E-state index in [1.807, 2.05) is 24.3 Å². The van der Waals surface area contributed by atoms with Gasteiger partial charge in [-0.15, -0.1) is 11.3 Å². The minimum atomic E-state index is -0.423. The van der Waals surface area contributed by atoms with Crippen LogP contribution in [0.4, 0.5) is 0 Å². The van der Waals surface area contributed by atoms with Gasteiger partial charge in [0.1, 0.15) is 16.4 Å². The third kappa shape index (κ3) is 3.06. The minimum absolute atomic E-state index is 0.0387. The molecule has 0 radical (unpaired) electrons. The Balaban J connectivity index is 1.81. The highest BCUT2D eigenvalue weighted by molar-refractivity contribution is 7.21. The summed E-state index contributed by atoms with van der Waals surface area (Å²) < 4.78 is 0.920. The number of fused-ring (bicyclic) bond motifs is 1. The number of aromatic hydroxyl groups is 2. The van der Waals surface area contributed by atoms with Crippen LogP contribution in [-0.4, -0.2) is 22.3 Å². The van der Waals surface area contributed by atoms with Crippen molar-refractivity contribution in [1.29, 1.82) is 0 Å². The lowest BCUT2D eigenvalue weighted by Crippen LogP contribution is -2.16. The van der Waals surface area contributed by atoms with Crippen molar-refractivity contribution in [1.82, 2.24) is 5.43 Å². The largest absolute Gasteiger partial charge is 0.508 e. The molecule has 1 amide bonds. The van der Waals surface area contributed by atoms with Gasteiger partial charge in [0.05, 0.1) is 11.2 Å². The van der Waals surface area contributed by atoms with Crippen molar-refractivity contribution in [3.8, 4) is 11.5 Å². The number of hydrogen-bond donors (Lipinski definition) is 3. The Labute approximate surface area is 146 Å². The molecule has 0 fully saturated rings. The summed E-state index contributed by atoms with van der Waals surface area (Å²) >= 11 is 7.53. The summed E-state index contributed by atoms with van der Waals surface area (Å²) in [5.41, 5.74) is 3.44. The Morgan fingerprint density at radius 3 is 2.75 bits per heavy atom. The standard InChI is InChI=1S/C17H13ClN2O3S/c1-9-6-10(21)7-13(22)12(9)8-19-20-17(23)16-15(18)11-4-2-3-5-14(11)24-16/h2-8,21-22H,1H3,(H,20,23). The van der Waals surface area contributed by atoms with E-state index in [2.05, 4.69) is 10.5 Å². The fourth-order valence-electron chi connectivity index (χ4n) is 2.30. The second-order valence-corrected chi connectivity index (χ2v) is 6.57. The molecule has 1 heterocycles. The van der Waals surface area contributed by atoms with Gasteiger partial charge >= 0.3 is 0 Å². The van der Waals surface area contributed by atoms with E-state index in [1.54, 1.807) is 6.92 Å². The number of phenols is 2. The Bertz CT molecular complexity index is 943. The number of nitrogens with zero attached hydrogens (tertiary/aromatic N) is 1. The van der Waals surface area contributed by atoms with Gasteiger partial charge in [-0.2, -0.15) is 5.10 Å². The molecule has 3 rings (SSSR count). The number of amides is 1. The van der Waals surface area contributed by atoms with E-state index in [0.717, 1.165) is 10.1 Å². The van der Waals surface area contributed by atoms with Crippen LogP contribution in [0.25, 0.3) is 10.1 Å². The monoisotopic (exact) mass is 360 g/mol. The van der Waals surface area contributed by atoms with Gasteiger partial charge in [-0.05, 0) is 24.6 Å². The maximum atomic E-state index is 12.2. The van der Waals surface area contributed by atoms with Crippen molar-refractivity contribution in [2.24, 2.45) is 5.10 Å². The first-order valence-corrected chi connectivity index (χ1v) is 8.20. The van der Waals surface area contributed by atoms with Crippen LogP contribution in [0.5, 0.6) is 11.5 Å². The first kappa shape index (κ1) is 16.3. The molecule has 0 aliphatic rings. The first-order chi connectivity index (χ1) is 11.5. The molecule has 0 atom stereocenters. The minimum Gasteiger partial charge on any atom is -0.508 e. The van der Waals surface area contributed by atoms with Crippen LogP contribution in [0.1, 0.15) is 20.8 Å². The van der Waals surface area contributed by atoms with Crippen LogP contribution in [-0.2, 0) is 0 Å². The number of hydrogen-bond acceptors (Lipinski definition) is 5. The van der Waals surface area contributed by atoms with Crippen molar-refractivity contribution >= 4 is 45.1 Å². The number of phenolic OH excluding ortho intramolecular Hbond substituents is 2. The Kier molecular flexibility index (Phi) is 4.42. The second-order valence-electron chi connectivity index (χ2n) is 5.14.